The van der Waals surface area contributed by atoms with Crippen LogP contribution in [-0.4, -0.2) is 34.8 Å². The zero-order valence-electron chi connectivity index (χ0n) is 16.7. The third-order valence-electron chi connectivity index (χ3n) is 5.15. The predicted octanol–water partition coefficient (Wildman–Crippen LogP) is 4.70. The minimum absolute atomic E-state index is 0.0316. The van der Waals surface area contributed by atoms with Crippen molar-refractivity contribution in [1.29, 1.82) is 0 Å². The molecule has 0 saturated heterocycles. The van der Waals surface area contributed by atoms with Crippen LogP contribution in [0.2, 0.25) is 0 Å². The number of anilines is 1. The molecule has 1 aliphatic heterocycles. The van der Waals surface area contributed by atoms with Crippen molar-refractivity contribution >= 4 is 23.0 Å². The van der Waals surface area contributed by atoms with E-state index in [1.54, 1.807) is 7.11 Å². The fraction of sp³-hybridized carbons (Fsp3) is 0.261. The first-order valence-corrected chi connectivity index (χ1v) is 10.2. The van der Waals surface area contributed by atoms with Crippen molar-refractivity contribution in [2.75, 3.05) is 25.6 Å². The number of ether oxygens (including phenoxy) is 2. The van der Waals surface area contributed by atoms with Gasteiger partial charge >= 0.3 is 0 Å². The number of para-hydroxylation sites is 2. The van der Waals surface area contributed by atoms with Crippen LogP contribution < -0.4 is 14.8 Å². The molecule has 1 N–H and O–H groups in total. The van der Waals surface area contributed by atoms with Crippen LogP contribution in [0.25, 0.3) is 0 Å². The largest absolute Gasteiger partial charge is 0.495 e. The summed E-state index contributed by atoms with van der Waals surface area (Å²) in [7, 11) is 1.67. The molecule has 1 aromatic heterocycles. The van der Waals surface area contributed by atoms with Crippen LogP contribution in [0, 0.1) is 0 Å². The van der Waals surface area contributed by atoms with E-state index in [9.17, 15) is 0 Å². The molecular formula is C23H25N3O2S. The molecule has 29 heavy (non-hydrogen) atoms. The Morgan fingerprint density at radius 3 is 2.62 bits per heavy atom. The quantitative estimate of drug-likeness (QED) is 0.621. The second kappa shape index (κ2) is 8.57. The molecule has 1 aliphatic rings. The van der Waals surface area contributed by atoms with Gasteiger partial charge in [0.15, 0.2) is 5.11 Å². The molecule has 4 rings (SSSR count). The van der Waals surface area contributed by atoms with Crippen molar-refractivity contribution in [3.8, 4) is 11.5 Å². The van der Waals surface area contributed by atoms with Crippen LogP contribution in [-0.2, 0) is 6.54 Å². The maximum absolute atomic E-state index is 5.84. The Hall–Kier alpha value is -2.99. The van der Waals surface area contributed by atoms with E-state index in [0.717, 1.165) is 30.3 Å². The van der Waals surface area contributed by atoms with E-state index in [1.165, 1.54) is 11.3 Å². The van der Waals surface area contributed by atoms with Gasteiger partial charge in [-0.3, -0.25) is 0 Å². The van der Waals surface area contributed by atoms with Gasteiger partial charge in [-0.05, 0) is 61.1 Å². The van der Waals surface area contributed by atoms with Gasteiger partial charge in [-0.2, -0.15) is 0 Å². The Kier molecular flexibility index (Phi) is 5.71. The van der Waals surface area contributed by atoms with E-state index < -0.39 is 0 Å². The van der Waals surface area contributed by atoms with Gasteiger partial charge in [0.2, 0.25) is 0 Å². The molecule has 3 aromatic rings. The number of methoxy groups -OCH3 is 1. The fourth-order valence-corrected chi connectivity index (χ4v) is 4.11. The summed E-state index contributed by atoms with van der Waals surface area (Å²) in [5, 5.41) is 4.07. The van der Waals surface area contributed by atoms with E-state index in [0.29, 0.717) is 11.7 Å². The molecule has 1 atom stereocenters. The molecule has 0 aliphatic carbocycles. The fourth-order valence-electron chi connectivity index (χ4n) is 3.80. The second-order valence-corrected chi connectivity index (χ2v) is 7.24. The van der Waals surface area contributed by atoms with Gasteiger partial charge in [0.05, 0.1) is 25.4 Å². The minimum Gasteiger partial charge on any atom is -0.495 e. The highest BCUT2D eigenvalue weighted by Gasteiger charge is 2.30. The SMILES string of the molecule is CCOc1ccc([C@@H]2c3cccn3CCN2C(=S)Nc2ccccc2OC)cc1. The molecular weight excluding hydrogens is 382 g/mol. The molecule has 0 amide bonds. The number of hydrogen-bond acceptors (Lipinski definition) is 3. The van der Waals surface area contributed by atoms with E-state index >= 15 is 0 Å². The molecule has 0 saturated carbocycles. The number of hydrogen-bond donors (Lipinski definition) is 1. The maximum atomic E-state index is 5.84. The summed E-state index contributed by atoms with van der Waals surface area (Å²) in [6, 6.07) is 20.4. The van der Waals surface area contributed by atoms with Gasteiger partial charge in [0, 0.05) is 25.0 Å². The lowest BCUT2D eigenvalue weighted by molar-refractivity contribution is 0.293. The Morgan fingerprint density at radius 2 is 1.86 bits per heavy atom. The highest BCUT2D eigenvalue weighted by atomic mass is 32.1. The van der Waals surface area contributed by atoms with Crippen molar-refractivity contribution in [1.82, 2.24) is 9.47 Å². The lowest BCUT2D eigenvalue weighted by atomic mass is 10.00. The first kappa shape index (κ1) is 19.3. The molecule has 2 aromatic carbocycles. The molecule has 2 heterocycles. The summed E-state index contributed by atoms with van der Waals surface area (Å²) in [5.74, 6) is 1.65. The first-order chi connectivity index (χ1) is 14.2. The molecule has 0 fully saturated rings. The Morgan fingerprint density at radius 1 is 1.07 bits per heavy atom. The average Bonchev–Trinajstić information content (AvgIpc) is 3.23. The molecule has 6 heteroatoms. The maximum Gasteiger partial charge on any atom is 0.174 e. The van der Waals surface area contributed by atoms with Crippen molar-refractivity contribution in [3.05, 3.63) is 78.1 Å². The lowest BCUT2D eigenvalue weighted by Gasteiger charge is -2.39. The summed E-state index contributed by atoms with van der Waals surface area (Å²) in [6.45, 7) is 4.36. The summed E-state index contributed by atoms with van der Waals surface area (Å²) in [4.78, 5) is 2.24. The number of nitrogens with zero attached hydrogens (tertiary/aromatic N) is 2. The monoisotopic (exact) mass is 407 g/mol. The Labute approximate surface area is 176 Å². The van der Waals surface area contributed by atoms with Gasteiger partial charge < -0.3 is 24.3 Å². The zero-order chi connectivity index (χ0) is 20.2. The average molecular weight is 408 g/mol. The standard InChI is InChI=1S/C23H25N3O2S/c1-3-28-18-12-10-17(11-13-18)22-20-8-6-14-25(20)15-16-26(22)23(29)24-19-7-4-5-9-21(19)27-2/h4-14,22H,3,15-16H2,1-2H3,(H,24,29)/t22-/m1/s1. The van der Waals surface area contributed by atoms with E-state index in [1.807, 2.05) is 43.3 Å². The number of rotatable bonds is 5. The number of nitrogens with one attached hydrogen (secondary N) is 1. The molecule has 0 unspecified atom stereocenters. The van der Waals surface area contributed by atoms with Gasteiger partial charge in [-0.15, -0.1) is 0 Å². The van der Waals surface area contributed by atoms with Crippen LogP contribution in [0.3, 0.4) is 0 Å². The number of benzene rings is 2. The highest BCUT2D eigenvalue weighted by Crippen LogP contribution is 2.34. The summed E-state index contributed by atoms with van der Waals surface area (Å²) in [5.41, 5.74) is 3.27. The van der Waals surface area contributed by atoms with Crippen LogP contribution in [0.4, 0.5) is 5.69 Å². The van der Waals surface area contributed by atoms with E-state index in [4.69, 9.17) is 21.7 Å². The first-order valence-electron chi connectivity index (χ1n) is 9.79. The van der Waals surface area contributed by atoms with Gasteiger partial charge in [0.1, 0.15) is 11.5 Å². The van der Waals surface area contributed by atoms with Crippen molar-refractivity contribution in [2.45, 2.75) is 19.5 Å². The van der Waals surface area contributed by atoms with Crippen LogP contribution in [0.15, 0.2) is 66.9 Å². The van der Waals surface area contributed by atoms with E-state index in [-0.39, 0.29) is 6.04 Å². The summed E-state index contributed by atoms with van der Waals surface area (Å²) >= 11 is 5.84. The van der Waals surface area contributed by atoms with Crippen molar-refractivity contribution in [3.63, 3.8) is 0 Å². The molecule has 0 bridgehead atoms. The Bertz CT molecular complexity index is 984. The van der Waals surface area contributed by atoms with Crippen molar-refractivity contribution in [2.24, 2.45) is 0 Å². The topological polar surface area (TPSA) is 38.7 Å². The van der Waals surface area contributed by atoms with Gasteiger partial charge in [0.25, 0.3) is 0 Å². The third kappa shape index (κ3) is 3.93. The van der Waals surface area contributed by atoms with Crippen molar-refractivity contribution < 1.29 is 9.47 Å². The minimum atomic E-state index is 0.0316. The molecule has 5 nitrogen and oxygen atoms in total. The normalized spacial score (nSPS) is 15.5. The number of thiocarbonyl (C=S) groups is 1. The Balaban J connectivity index is 1.65. The number of fused-ring (bicyclic) bond motifs is 1. The van der Waals surface area contributed by atoms with Crippen LogP contribution >= 0.6 is 12.2 Å². The van der Waals surface area contributed by atoms with Crippen LogP contribution in [0.1, 0.15) is 24.2 Å². The van der Waals surface area contributed by atoms with Gasteiger partial charge in [-0.25, -0.2) is 0 Å². The van der Waals surface area contributed by atoms with E-state index in [2.05, 4.69) is 45.2 Å². The lowest BCUT2D eigenvalue weighted by Crippen LogP contribution is -2.44. The van der Waals surface area contributed by atoms with Crippen LogP contribution in [0.5, 0.6) is 11.5 Å². The van der Waals surface area contributed by atoms with Gasteiger partial charge in [-0.1, -0.05) is 24.3 Å². The summed E-state index contributed by atoms with van der Waals surface area (Å²) < 4.78 is 13.4. The molecule has 150 valence electrons. The third-order valence-corrected chi connectivity index (χ3v) is 5.49. The highest BCUT2D eigenvalue weighted by molar-refractivity contribution is 7.80. The zero-order valence-corrected chi connectivity index (χ0v) is 17.5. The summed E-state index contributed by atoms with van der Waals surface area (Å²) in [6.07, 6.45) is 2.13. The second-order valence-electron chi connectivity index (χ2n) is 6.85. The predicted molar refractivity (Wildman–Crippen MR) is 120 cm³/mol. The molecule has 0 spiro atoms. The smallest absolute Gasteiger partial charge is 0.174 e. The number of aromatic nitrogens is 1. The molecule has 0 radical (unpaired) electrons.